The highest BCUT2D eigenvalue weighted by atomic mass is 127. The van der Waals surface area contributed by atoms with Crippen molar-refractivity contribution in [2.24, 2.45) is 4.99 Å². The molecule has 2 aromatic rings. The van der Waals surface area contributed by atoms with E-state index in [4.69, 9.17) is 19.0 Å². The van der Waals surface area contributed by atoms with E-state index in [2.05, 4.69) is 39.3 Å². The van der Waals surface area contributed by atoms with Gasteiger partial charge in [0.15, 0.2) is 5.96 Å². The molecule has 1 aromatic carbocycles. The number of halogens is 1. The van der Waals surface area contributed by atoms with E-state index in [0.29, 0.717) is 19.8 Å². The summed E-state index contributed by atoms with van der Waals surface area (Å²) in [5.74, 6) is 1.82. The van der Waals surface area contributed by atoms with Crippen LogP contribution in [0.4, 0.5) is 0 Å². The van der Waals surface area contributed by atoms with Gasteiger partial charge >= 0.3 is 0 Å². The molecule has 1 aromatic heterocycles. The first-order valence-corrected chi connectivity index (χ1v) is 10.1. The van der Waals surface area contributed by atoms with Gasteiger partial charge < -0.3 is 24.2 Å². The molecule has 30 heavy (non-hydrogen) atoms. The number of hydrogen-bond donors (Lipinski definition) is 1. The minimum absolute atomic E-state index is 0. The fourth-order valence-corrected chi connectivity index (χ4v) is 3.19. The summed E-state index contributed by atoms with van der Waals surface area (Å²) in [4.78, 5) is 9.55. The molecule has 2 heterocycles. The largest absolute Gasteiger partial charge is 0.491 e. The Bertz CT molecular complexity index is 732. The normalized spacial score (nSPS) is 15.0. The number of methoxy groups -OCH3 is 1. The van der Waals surface area contributed by atoms with Crippen LogP contribution in [0.3, 0.4) is 0 Å². The molecular weight excluding hydrogens is 497 g/mol. The fourth-order valence-electron chi connectivity index (χ4n) is 3.19. The molecule has 1 N–H and O–H groups in total. The van der Waals surface area contributed by atoms with Crippen LogP contribution in [-0.2, 0) is 17.8 Å². The molecule has 1 aliphatic rings. The van der Waals surface area contributed by atoms with Crippen LogP contribution in [0.5, 0.6) is 5.75 Å². The Hall–Kier alpha value is -1.85. The molecule has 0 unspecified atom stereocenters. The average molecular weight is 529 g/mol. The van der Waals surface area contributed by atoms with Crippen LogP contribution in [-0.4, -0.2) is 74.0 Å². The minimum Gasteiger partial charge on any atom is -0.491 e. The van der Waals surface area contributed by atoms with Gasteiger partial charge in [-0.1, -0.05) is 17.3 Å². The molecule has 0 saturated carbocycles. The van der Waals surface area contributed by atoms with E-state index in [1.165, 1.54) is 0 Å². The first kappa shape index (κ1) is 24.4. The van der Waals surface area contributed by atoms with Crippen LogP contribution in [0.15, 0.2) is 46.1 Å². The topological polar surface area (TPSA) is 75.4 Å². The zero-order valence-electron chi connectivity index (χ0n) is 17.7. The monoisotopic (exact) mass is 529 g/mol. The van der Waals surface area contributed by atoms with Gasteiger partial charge in [-0.3, -0.25) is 4.90 Å². The molecule has 0 aliphatic carbocycles. The predicted octanol–water partition coefficient (Wildman–Crippen LogP) is 2.60. The lowest BCUT2D eigenvalue weighted by Crippen LogP contribution is -2.52. The third-order valence-electron chi connectivity index (χ3n) is 4.77. The second kappa shape index (κ2) is 13.5. The summed E-state index contributed by atoms with van der Waals surface area (Å²) < 4.78 is 15.5. The van der Waals surface area contributed by atoms with E-state index in [1.807, 2.05) is 18.2 Å². The number of nitrogens with zero attached hydrogens (tertiary/aromatic N) is 4. The SMILES string of the molecule is CCNC(=NCc1ccc(OCCOC)cc1)N1CCN(Cc2ccon2)CC1.I. The minimum atomic E-state index is 0. The molecule has 166 valence electrons. The first-order chi connectivity index (χ1) is 14.3. The van der Waals surface area contributed by atoms with Gasteiger partial charge in [0.2, 0.25) is 0 Å². The molecule has 1 aliphatic heterocycles. The molecule has 3 rings (SSSR count). The highest BCUT2D eigenvalue weighted by molar-refractivity contribution is 14.0. The summed E-state index contributed by atoms with van der Waals surface area (Å²) in [6, 6.07) is 10.0. The van der Waals surface area contributed by atoms with Crippen molar-refractivity contribution in [3.63, 3.8) is 0 Å². The number of aliphatic imine (C=N–C) groups is 1. The molecule has 0 bridgehead atoms. The summed E-state index contributed by atoms with van der Waals surface area (Å²) >= 11 is 0. The van der Waals surface area contributed by atoms with Crippen molar-refractivity contribution in [3.05, 3.63) is 47.9 Å². The van der Waals surface area contributed by atoms with Crippen LogP contribution in [0.2, 0.25) is 0 Å². The van der Waals surface area contributed by atoms with Gasteiger partial charge in [0.1, 0.15) is 18.6 Å². The van der Waals surface area contributed by atoms with Crippen molar-refractivity contribution in [3.8, 4) is 5.75 Å². The molecule has 0 spiro atoms. The molecule has 0 atom stereocenters. The Labute approximate surface area is 195 Å². The molecule has 1 fully saturated rings. The van der Waals surface area contributed by atoms with E-state index in [0.717, 1.165) is 62.2 Å². The lowest BCUT2D eigenvalue weighted by Gasteiger charge is -2.36. The number of benzene rings is 1. The van der Waals surface area contributed by atoms with E-state index < -0.39 is 0 Å². The smallest absolute Gasteiger partial charge is 0.194 e. The van der Waals surface area contributed by atoms with Crippen LogP contribution in [0.1, 0.15) is 18.2 Å². The third-order valence-corrected chi connectivity index (χ3v) is 4.77. The lowest BCUT2D eigenvalue weighted by atomic mass is 10.2. The van der Waals surface area contributed by atoms with Gasteiger partial charge in [-0.05, 0) is 24.6 Å². The number of hydrogen-bond acceptors (Lipinski definition) is 6. The van der Waals surface area contributed by atoms with E-state index in [-0.39, 0.29) is 24.0 Å². The second-order valence-corrected chi connectivity index (χ2v) is 6.91. The highest BCUT2D eigenvalue weighted by Crippen LogP contribution is 2.13. The zero-order chi connectivity index (χ0) is 20.3. The third kappa shape index (κ3) is 7.77. The van der Waals surface area contributed by atoms with Crippen molar-refractivity contribution < 1.29 is 14.0 Å². The van der Waals surface area contributed by atoms with Crippen LogP contribution >= 0.6 is 24.0 Å². The number of piperazine rings is 1. The Balaban J connectivity index is 0.00000320. The summed E-state index contributed by atoms with van der Waals surface area (Å²) in [5.41, 5.74) is 2.14. The summed E-state index contributed by atoms with van der Waals surface area (Å²) in [5, 5.41) is 7.42. The maximum absolute atomic E-state index is 5.61. The van der Waals surface area contributed by atoms with Crippen LogP contribution in [0, 0.1) is 0 Å². The van der Waals surface area contributed by atoms with Crippen molar-refractivity contribution >= 4 is 29.9 Å². The number of guanidine groups is 1. The van der Waals surface area contributed by atoms with Crippen molar-refractivity contribution in [2.45, 2.75) is 20.0 Å². The first-order valence-electron chi connectivity index (χ1n) is 10.1. The zero-order valence-corrected chi connectivity index (χ0v) is 20.1. The maximum atomic E-state index is 5.61. The standard InChI is InChI=1S/C21H31N5O3.HI/c1-3-22-21(23-16-18-4-6-20(7-5-18)28-15-14-27-2)26-11-9-25(10-12-26)17-19-8-13-29-24-19;/h4-8,13H,3,9-12,14-17H2,1-2H3,(H,22,23);1H. The second-order valence-electron chi connectivity index (χ2n) is 6.91. The lowest BCUT2D eigenvalue weighted by molar-refractivity contribution is 0.146. The predicted molar refractivity (Wildman–Crippen MR) is 127 cm³/mol. The fraction of sp³-hybridized carbons (Fsp3) is 0.524. The van der Waals surface area contributed by atoms with Gasteiger partial charge in [-0.15, -0.1) is 24.0 Å². The quantitative estimate of drug-likeness (QED) is 0.232. The Morgan fingerprint density at radius 3 is 2.53 bits per heavy atom. The average Bonchev–Trinajstić information content (AvgIpc) is 3.26. The van der Waals surface area contributed by atoms with Crippen molar-refractivity contribution in [2.75, 3.05) is 53.0 Å². The van der Waals surface area contributed by atoms with Gasteiger partial charge in [0, 0.05) is 52.4 Å². The molecule has 9 heteroatoms. The van der Waals surface area contributed by atoms with E-state index in [1.54, 1.807) is 13.4 Å². The Morgan fingerprint density at radius 2 is 1.90 bits per heavy atom. The van der Waals surface area contributed by atoms with E-state index in [9.17, 15) is 0 Å². The molecule has 1 saturated heterocycles. The number of aromatic nitrogens is 1. The van der Waals surface area contributed by atoms with Crippen LogP contribution in [0.25, 0.3) is 0 Å². The molecule has 0 amide bonds. The number of nitrogens with one attached hydrogen (secondary N) is 1. The van der Waals surface area contributed by atoms with Gasteiger partial charge in [0.05, 0.1) is 18.8 Å². The highest BCUT2D eigenvalue weighted by Gasteiger charge is 2.20. The van der Waals surface area contributed by atoms with Crippen molar-refractivity contribution in [1.82, 2.24) is 20.3 Å². The Morgan fingerprint density at radius 1 is 1.13 bits per heavy atom. The number of rotatable bonds is 9. The van der Waals surface area contributed by atoms with Crippen LogP contribution < -0.4 is 10.1 Å². The van der Waals surface area contributed by atoms with Crippen molar-refractivity contribution in [1.29, 1.82) is 0 Å². The Kier molecular flexibility index (Phi) is 11.0. The van der Waals surface area contributed by atoms with Gasteiger partial charge in [0.25, 0.3) is 0 Å². The van der Waals surface area contributed by atoms with E-state index >= 15 is 0 Å². The van der Waals surface area contributed by atoms with Gasteiger partial charge in [-0.25, -0.2) is 4.99 Å². The molecule has 0 radical (unpaired) electrons. The summed E-state index contributed by atoms with van der Waals surface area (Å²) in [7, 11) is 1.67. The number of ether oxygens (including phenoxy) is 2. The molecule has 8 nitrogen and oxygen atoms in total. The molecular formula is C21H32IN5O3. The van der Waals surface area contributed by atoms with Gasteiger partial charge in [-0.2, -0.15) is 0 Å². The maximum Gasteiger partial charge on any atom is 0.194 e. The summed E-state index contributed by atoms with van der Waals surface area (Å²) in [6.45, 7) is 9.40. The summed E-state index contributed by atoms with van der Waals surface area (Å²) in [6.07, 6.45) is 1.62.